The molecule has 24 heavy (non-hydrogen) atoms. The topological polar surface area (TPSA) is 52.7 Å². The van der Waals surface area contributed by atoms with Crippen LogP contribution in [-0.2, 0) is 9.59 Å². The average molecular weight is 352 g/mol. The zero-order chi connectivity index (χ0) is 16.6. The van der Waals surface area contributed by atoms with Crippen LogP contribution in [0.5, 0.6) is 0 Å². The third-order valence-electron chi connectivity index (χ3n) is 5.24. The Hall–Kier alpha value is -1.59. The van der Waals surface area contributed by atoms with E-state index in [1.54, 1.807) is 9.80 Å². The molecule has 0 bridgehead atoms. The van der Waals surface area contributed by atoms with Crippen LogP contribution in [-0.4, -0.2) is 49.4 Å². The molecule has 132 valence electrons. The van der Waals surface area contributed by atoms with Gasteiger partial charge in [-0.05, 0) is 56.5 Å². The fourth-order valence-electron chi connectivity index (χ4n) is 3.45. The van der Waals surface area contributed by atoms with Crippen molar-refractivity contribution in [3.63, 3.8) is 0 Å². The van der Waals surface area contributed by atoms with Gasteiger partial charge in [0, 0.05) is 31.9 Å². The summed E-state index contributed by atoms with van der Waals surface area (Å²) in [6.07, 6.45) is 1.57. The highest BCUT2D eigenvalue weighted by atomic mass is 35.5. The minimum Gasteiger partial charge on any atom is -0.341 e. The van der Waals surface area contributed by atoms with E-state index in [1.807, 2.05) is 32.2 Å². The first-order valence-corrected chi connectivity index (χ1v) is 8.35. The number of nitrogens with zero attached hydrogens (tertiary/aromatic N) is 2. The monoisotopic (exact) mass is 351 g/mol. The van der Waals surface area contributed by atoms with E-state index in [2.05, 4.69) is 12.2 Å². The zero-order valence-corrected chi connectivity index (χ0v) is 15.4. The first-order chi connectivity index (χ1) is 11.0. The van der Waals surface area contributed by atoms with Crippen LogP contribution in [0.25, 0.3) is 0 Å². The van der Waals surface area contributed by atoms with E-state index in [1.165, 1.54) is 11.1 Å². The minimum absolute atomic E-state index is 0. The van der Waals surface area contributed by atoms with Gasteiger partial charge in [-0.25, -0.2) is 0 Å². The molecule has 0 aliphatic carbocycles. The predicted molar refractivity (Wildman–Crippen MR) is 97.7 cm³/mol. The fraction of sp³-hybridized carbons (Fsp3) is 0.556. The highest BCUT2D eigenvalue weighted by Crippen LogP contribution is 2.28. The van der Waals surface area contributed by atoms with Gasteiger partial charge in [-0.3, -0.25) is 9.59 Å². The first-order valence-electron chi connectivity index (χ1n) is 8.35. The second-order valence-corrected chi connectivity index (χ2v) is 6.70. The summed E-state index contributed by atoms with van der Waals surface area (Å²) >= 11 is 0. The molecule has 2 fully saturated rings. The molecule has 2 aliphatic rings. The molecule has 0 saturated carbocycles. The van der Waals surface area contributed by atoms with Crippen molar-refractivity contribution in [2.45, 2.75) is 32.7 Å². The maximum absolute atomic E-state index is 12.7. The van der Waals surface area contributed by atoms with Gasteiger partial charge in [-0.1, -0.05) is 6.07 Å². The first kappa shape index (κ1) is 18.7. The standard InChI is InChI=1S/C18H25N3O2.ClH/c1-12-4-5-14(10-13(12)2)21-9-7-16(18(21)23)17(22)20(3)15-6-8-19-11-15;/h4-5,10,15-16,19H,6-9,11H2,1-3H3;1H. The van der Waals surface area contributed by atoms with Crippen molar-refractivity contribution in [1.82, 2.24) is 10.2 Å². The molecular formula is C18H26ClN3O2. The lowest BCUT2D eigenvalue weighted by Crippen LogP contribution is -2.44. The van der Waals surface area contributed by atoms with E-state index in [-0.39, 0.29) is 30.3 Å². The average Bonchev–Trinajstić information content (AvgIpc) is 3.18. The molecule has 0 radical (unpaired) electrons. The molecule has 2 atom stereocenters. The molecule has 1 aromatic carbocycles. The second kappa shape index (κ2) is 7.53. The number of aryl methyl sites for hydroxylation is 2. The Morgan fingerprint density at radius 1 is 1.25 bits per heavy atom. The van der Waals surface area contributed by atoms with Crippen molar-refractivity contribution in [3.05, 3.63) is 29.3 Å². The van der Waals surface area contributed by atoms with Crippen LogP contribution < -0.4 is 10.2 Å². The van der Waals surface area contributed by atoms with Crippen LogP contribution in [0.1, 0.15) is 24.0 Å². The molecule has 2 aliphatic heterocycles. The van der Waals surface area contributed by atoms with Crippen molar-refractivity contribution in [2.24, 2.45) is 5.92 Å². The number of hydrogen-bond donors (Lipinski definition) is 1. The summed E-state index contributed by atoms with van der Waals surface area (Å²) in [5, 5.41) is 3.27. The molecule has 5 nitrogen and oxygen atoms in total. The van der Waals surface area contributed by atoms with Crippen LogP contribution in [0.4, 0.5) is 5.69 Å². The number of halogens is 1. The van der Waals surface area contributed by atoms with Gasteiger partial charge in [-0.2, -0.15) is 0 Å². The van der Waals surface area contributed by atoms with Gasteiger partial charge in [0.1, 0.15) is 5.92 Å². The summed E-state index contributed by atoms with van der Waals surface area (Å²) in [5.41, 5.74) is 3.28. The summed E-state index contributed by atoms with van der Waals surface area (Å²) in [4.78, 5) is 28.9. The molecule has 1 aromatic rings. The highest BCUT2D eigenvalue weighted by molar-refractivity contribution is 6.09. The maximum atomic E-state index is 12.7. The number of anilines is 1. The van der Waals surface area contributed by atoms with Gasteiger partial charge in [0.05, 0.1) is 0 Å². The molecule has 2 amide bonds. The Balaban J connectivity index is 0.00000208. The maximum Gasteiger partial charge on any atom is 0.239 e. The molecule has 2 unspecified atom stereocenters. The van der Waals surface area contributed by atoms with Crippen molar-refractivity contribution in [2.75, 3.05) is 31.6 Å². The van der Waals surface area contributed by atoms with Gasteiger partial charge in [0.2, 0.25) is 11.8 Å². The van der Waals surface area contributed by atoms with Gasteiger partial charge < -0.3 is 15.1 Å². The Bertz CT molecular complexity index is 629. The largest absolute Gasteiger partial charge is 0.341 e. The van der Waals surface area contributed by atoms with Crippen LogP contribution in [0.15, 0.2) is 18.2 Å². The lowest BCUT2D eigenvalue weighted by molar-refractivity contribution is -0.140. The van der Waals surface area contributed by atoms with E-state index in [0.29, 0.717) is 13.0 Å². The van der Waals surface area contributed by atoms with Crippen LogP contribution >= 0.6 is 12.4 Å². The summed E-state index contributed by atoms with van der Waals surface area (Å²) in [6, 6.07) is 6.25. The van der Waals surface area contributed by atoms with Gasteiger partial charge in [0.15, 0.2) is 0 Å². The Labute approximate surface area is 149 Å². The lowest BCUT2D eigenvalue weighted by atomic mass is 10.1. The van der Waals surface area contributed by atoms with Crippen LogP contribution in [0.2, 0.25) is 0 Å². The highest BCUT2D eigenvalue weighted by Gasteiger charge is 2.40. The number of nitrogens with one attached hydrogen (secondary N) is 1. The van der Waals surface area contributed by atoms with E-state index in [9.17, 15) is 9.59 Å². The van der Waals surface area contributed by atoms with Crippen molar-refractivity contribution in [3.8, 4) is 0 Å². The van der Waals surface area contributed by atoms with E-state index in [0.717, 1.165) is 25.2 Å². The molecule has 2 saturated heterocycles. The fourth-order valence-corrected chi connectivity index (χ4v) is 3.45. The van der Waals surface area contributed by atoms with E-state index < -0.39 is 5.92 Å². The quantitative estimate of drug-likeness (QED) is 0.846. The van der Waals surface area contributed by atoms with E-state index >= 15 is 0 Å². The van der Waals surface area contributed by atoms with E-state index in [4.69, 9.17) is 0 Å². The Kier molecular flexibility index (Phi) is 5.88. The van der Waals surface area contributed by atoms with Gasteiger partial charge >= 0.3 is 0 Å². The third-order valence-corrected chi connectivity index (χ3v) is 5.24. The van der Waals surface area contributed by atoms with Crippen molar-refractivity contribution in [1.29, 1.82) is 0 Å². The second-order valence-electron chi connectivity index (χ2n) is 6.70. The van der Waals surface area contributed by atoms with Crippen molar-refractivity contribution >= 4 is 29.9 Å². The lowest BCUT2D eigenvalue weighted by Gasteiger charge is -2.26. The Morgan fingerprint density at radius 3 is 2.62 bits per heavy atom. The smallest absolute Gasteiger partial charge is 0.239 e. The third kappa shape index (κ3) is 3.42. The number of rotatable bonds is 3. The predicted octanol–water partition coefficient (Wildman–Crippen LogP) is 1.90. The van der Waals surface area contributed by atoms with Crippen LogP contribution in [0.3, 0.4) is 0 Å². The molecule has 2 heterocycles. The number of hydrogen-bond acceptors (Lipinski definition) is 3. The number of carbonyl (C=O) groups is 2. The molecule has 3 rings (SSSR count). The van der Waals surface area contributed by atoms with Gasteiger partial charge in [-0.15, -0.1) is 12.4 Å². The molecular weight excluding hydrogens is 326 g/mol. The SMILES string of the molecule is Cc1ccc(N2CCC(C(=O)N(C)C3CCNC3)C2=O)cc1C.Cl. The molecule has 6 heteroatoms. The normalized spacial score (nSPS) is 23.3. The number of amides is 2. The number of benzene rings is 1. The minimum atomic E-state index is -0.526. The van der Waals surface area contributed by atoms with Crippen molar-refractivity contribution < 1.29 is 9.59 Å². The van der Waals surface area contributed by atoms with Gasteiger partial charge in [0.25, 0.3) is 0 Å². The molecule has 0 aromatic heterocycles. The Morgan fingerprint density at radius 2 is 2.00 bits per heavy atom. The zero-order valence-electron chi connectivity index (χ0n) is 14.5. The summed E-state index contributed by atoms with van der Waals surface area (Å²) in [6.45, 7) is 6.49. The molecule has 0 spiro atoms. The summed E-state index contributed by atoms with van der Waals surface area (Å²) < 4.78 is 0. The number of carbonyl (C=O) groups excluding carboxylic acids is 2. The summed E-state index contributed by atoms with van der Waals surface area (Å²) in [5.74, 6) is -0.617. The number of likely N-dealkylation sites (N-methyl/N-ethyl adjacent to an activating group) is 1. The molecule has 1 N–H and O–H groups in total. The van der Waals surface area contributed by atoms with Crippen LogP contribution in [0, 0.1) is 19.8 Å². The summed E-state index contributed by atoms with van der Waals surface area (Å²) in [7, 11) is 1.83.